The third-order valence-corrected chi connectivity index (χ3v) is 1.30. The Morgan fingerprint density at radius 3 is 2.75 bits per heavy atom. The van der Waals surface area contributed by atoms with Crippen LogP contribution >= 0.6 is 0 Å². The van der Waals surface area contributed by atoms with E-state index in [9.17, 15) is 9.18 Å². The Hall–Kier alpha value is -1.65. The van der Waals surface area contributed by atoms with Gasteiger partial charge in [0.05, 0.1) is 0 Å². The minimum atomic E-state index is -1.25. The number of carbonyl (C=O) groups is 1. The van der Waals surface area contributed by atoms with Crippen molar-refractivity contribution in [1.29, 1.82) is 0 Å². The molecule has 0 aliphatic heterocycles. The number of halogens is 1. The molecule has 0 fully saturated rings. The second-order valence-electron chi connectivity index (χ2n) is 2.10. The second-order valence-corrected chi connectivity index (χ2v) is 2.10. The number of carboxylic acid groups (broad SMARTS) is 1. The lowest BCUT2D eigenvalue weighted by Crippen LogP contribution is -2.01. The van der Waals surface area contributed by atoms with Gasteiger partial charge in [0.15, 0.2) is 0 Å². The fraction of sp³-hybridized carbons (Fsp3) is 0.143. The van der Waals surface area contributed by atoms with Crippen LogP contribution in [0, 0.1) is 0 Å². The van der Waals surface area contributed by atoms with Crippen molar-refractivity contribution in [3.05, 3.63) is 23.5 Å². The summed E-state index contributed by atoms with van der Waals surface area (Å²) in [6, 6.07) is 2.21. The molecule has 5 heteroatoms. The van der Waals surface area contributed by atoms with Crippen molar-refractivity contribution >= 4 is 5.97 Å². The molecule has 1 rings (SSSR count). The lowest BCUT2D eigenvalue weighted by Gasteiger charge is -1.99. The maximum Gasteiger partial charge on any atom is 0.354 e. The van der Waals surface area contributed by atoms with E-state index in [-0.39, 0.29) is 17.1 Å². The third kappa shape index (κ3) is 1.50. The van der Waals surface area contributed by atoms with Gasteiger partial charge in [-0.2, -0.15) is 0 Å². The largest absolute Gasteiger partial charge is 0.506 e. The van der Waals surface area contributed by atoms with Gasteiger partial charge in [0.1, 0.15) is 23.8 Å². The molecule has 12 heavy (non-hydrogen) atoms. The van der Waals surface area contributed by atoms with Crippen LogP contribution in [-0.2, 0) is 6.67 Å². The van der Waals surface area contributed by atoms with Gasteiger partial charge < -0.3 is 10.2 Å². The Morgan fingerprint density at radius 1 is 1.58 bits per heavy atom. The van der Waals surface area contributed by atoms with Gasteiger partial charge >= 0.3 is 5.97 Å². The first-order chi connectivity index (χ1) is 5.65. The number of aromatic hydroxyl groups is 1. The molecule has 0 bridgehead atoms. The summed E-state index contributed by atoms with van der Waals surface area (Å²) in [6.07, 6.45) is 0. The zero-order valence-electron chi connectivity index (χ0n) is 5.99. The predicted molar refractivity (Wildman–Crippen MR) is 37.7 cm³/mol. The van der Waals surface area contributed by atoms with E-state index >= 15 is 0 Å². The molecule has 1 aromatic heterocycles. The standard InChI is InChI=1S/C7H6FNO3/c8-3-5-6(10)2-1-4(9-5)7(11)12/h1-2,10H,3H2,(H,11,12). The number of aromatic carboxylic acids is 1. The molecule has 64 valence electrons. The van der Waals surface area contributed by atoms with Crippen LogP contribution in [0.4, 0.5) is 4.39 Å². The van der Waals surface area contributed by atoms with E-state index in [1.165, 1.54) is 0 Å². The molecule has 0 saturated heterocycles. The monoisotopic (exact) mass is 171 g/mol. The van der Waals surface area contributed by atoms with Gasteiger partial charge in [-0.25, -0.2) is 14.2 Å². The highest BCUT2D eigenvalue weighted by Gasteiger charge is 2.08. The molecule has 0 saturated carbocycles. The molecule has 1 heterocycles. The number of aromatic nitrogens is 1. The highest BCUT2D eigenvalue weighted by Crippen LogP contribution is 2.15. The zero-order valence-corrected chi connectivity index (χ0v) is 5.99. The zero-order chi connectivity index (χ0) is 9.14. The van der Waals surface area contributed by atoms with Crippen molar-refractivity contribution in [1.82, 2.24) is 4.98 Å². The van der Waals surface area contributed by atoms with Gasteiger partial charge in [-0.05, 0) is 12.1 Å². The average molecular weight is 171 g/mol. The Morgan fingerprint density at radius 2 is 2.25 bits per heavy atom. The number of hydrogen-bond donors (Lipinski definition) is 2. The van der Waals surface area contributed by atoms with E-state index < -0.39 is 12.6 Å². The average Bonchev–Trinajstić information content (AvgIpc) is 2.05. The van der Waals surface area contributed by atoms with Crippen molar-refractivity contribution in [2.75, 3.05) is 0 Å². The van der Waals surface area contributed by atoms with Crippen molar-refractivity contribution in [3.8, 4) is 5.75 Å². The van der Waals surface area contributed by atoms with Gasteiger partial charge in [0.25, 0.3) is 0 Å². The molecule has 0 radical (unpaired) electrons. The number of alkyl halides is 1. The summed E-state index contributed by atoms with van der Waals surface area (Å²) >= 11 is 0. The Kier molecular flexibility index (Phi) is 2.23. The van der Waals surface area contributed by atoms with E-state index in [4.69, 9.17) is 10.2 Å². The van der Waals surface area contributed by atoms with E-state index in [0.29, 0.717) is 0 Å². The molecule has 4 nitrogen and oxygen atoms in total. The fourth-order valence-corrected chi connectivity index (χ4v) is 0.711. The summed E-state index contributed by atoms with van der Waals surface area (Å²) in [5.41, 5.74) is -0.532. The molecule has 0 aliphatic rings. The lowest BCUT2D eigenvalue weighted by molar-refractivity contribution is 0.0690. The topological polar surface area (TPSA) is 70.4 Å². The van der Waals surface area contributed by atoms with Gasteiger partial charge in [-0.3, -0.25) is 0 Å². The maximum absolute atomic E-state index is 12.0. The van der Waals surface area contributed by atoms with E-state index in [2.05, 4.69) is 4.98 Å². The van der Waals surface area contributed by atoms with Gasteiger partial charge in [0.2, 0.25) is 0 Å². The van der Waals surface area contributed by atoms with Crippen LogP contribution in [0.5, 0.6) is 5.75 Å². The maximum atomic E-state index is 12.0. The first-order valence-electron chi connectivity index (χ1n) is 3.13. The lowest BCUT2D eigenvalue weighted by atomic mass is 10.3. The SMILES string of the molecule is O=C(O)c1ccc(O)c(CF)n1. The molecule has 1 aromatic rings. The van der Waals surface area contributed by atoms with Crippen LogP contribution in [0.25, 0.3) is 0 Å². The Labute approximate surface area is 67.3 Å². The molecular formula is C7H6FNO3. The van der Waals surface area contributed by atoms with Crippen molar-refractivity contribution < 1.29 is 19.4 Å². The quantitative estimate of drug-likeness (QED) is 0.695. The van der Waals surface area contributed by atoms with Crippen LogP contribution in [-0.4, -0.2) is 21.2 Å². The van der Waals surface area contributed by atoms with Crippen LogP contribution in [0.2, 0.25) is 0 Å². The fourth-order valence-electron chi connectivity index (χ4n) is 0.711. The molecular weight excluding hydrogens is 165 g/mol. The molecule has 0 aliphatic carbocycles. The minimum Gasteiger partial charge on any atom is -0.506 e. The van der Waals surface area contributed by atoms with Gasteiger partial charge in [-0.1, -0.05) is 0 Å². The molecule has 0 spiro atoms. The number of nitrogens with zero attached hydrogens (tertiary/aromatic N) is 1. The normalized spacial score (nSPS) is 9.75. The van der Waals surface area contributed by atoms with Crippen molar-refractivity contribution in [3.63, 3.8) is 0 Å². The number of pyridine rings is 1. The smallest absolute Gasteiger partial charge is 0.354 e. The van der Waals surface area contributed by atoms with Crippen LogP contribution in [0.3, 0.4) is 0 Å². The third-order valence-electron chi connectivity index (χ3n) is 1.30. The summed E-state index contributed by atoms with van der Waals surface area (Å²) in [4.78, 5) is 13.7. The van der Waals surface area contributed by atoms with E-state index in [1.807, 2.05) is 0 Å². The van der Waals surface area contributed by atoms with Crippen LogP contribution < -0.4 is 0 Å². The number of rotatable bonds is 2. The molecule has 2 N–H and O–H groups in total. The molecule has 0 aromatic carbocycles. The van der Waals surface area contributed by atoms with E-state index in [1.54, 1.807) is 0 Å². The summed E-state index contributed by atoms with van der Waals surface area (Å²) in [5.74, 6) is -1.58. The predicted octanol–water partition coefficient (Wildman–Crippen LogP) is 0.955. The summed E-state index contributed by atoms with van der Waals surface area (Å²) < 4.78 is 12.0. The summed E-state index contributed by atoms with van der Waals surface area (Å²) in [6.45, 7) is -0.979. The first-order valence-corrected chi connectivity index (χ1v) is 3.13. The van der Waals surface area contributed by atoms with Crippen LogP contribution in [0.15, 0.2) is 12.1 Å². The number of hydrogen-bond acceptors (Lipinski definition) is 3. The highest BCUT2D eigenvalue weighted by atomic mass is 19.1. The minimum absolute atomic E-state index is 0.255. The van der Waals surface area contributed by atoms with E-state index in [0.717, 1.165) is 12.1 Å². The van der Waals surface area contributed by atoms with Crippen molar-refractivity contribution in [2.24, 2.45) is 0 Å². The molecule has 0 amide bonds. The Balaban J connectivity index is 3.13. The van der Waals surface area contributed by atoms with Gasteiger partial charge in [-0.15, -0.1) is 0 Å². The summed E-state index contributed by atoms with van der Waals surface area (Å²) in [5, 5.41) is 17.4. The first kappa shape index (κ1) is 8.45. The molecule has 0 atom stereocenters. The van der Waals surface area contributed by atoms with Gasteiger partial charge in [0, 0.05) is 0 Å². The Bertz CT molecular complexity index is 314. The highest BCUT2D eigenvalue weighted by molar-refractivity contribution is 5.85. The van der Waals surface area contributed by atoms with Crippen LogP contribution in [0.1, 0.15) is 16.2 Å². The summed E-state index contributed by atoms with van der Waals surface area (Å²) in [7, 11) is 0. The number of carboxylic acids is 1. The van der Waals surface area contributed by atoms with Crippen molar-refractivity contribution in [2.45, 2.75) is 6.67 Å². The second kappa shape index (κ2) is 3.17. The molecule has 0 unspecified atom stereocenters.